The molecule has 0 bridgehead atoms. The Morgan fingerprint density at radius 3 is 1.95 bits per heavy atom. The van der Waals surface area contributed by atoms with Gasteiger partial charge in [0.2, 0.25) is 0 Å². The molecule has 75 heavy (non-hydrogen) atoms. The average Bonchev–Trinajstić information content (AvgIpc) is 3.45. The molecule has 0 radical (unpaired) electrons. The van der Waals surface area contributed by atoms with E-state index in [0.29, 0.717) is 19.3 Å². The lowest BCUT2D eigenvalue weighted by Crippen LogP contribution is -2.67. The zero-order chi connectivity index (χ0) is 54.7. The number of aliphatic hydroxyl groups excluding tert-OH is 12. The smallest absolute Gasteiger partial charge is 0.310 e. The second-order valence-corrected chi connectivity index (χ2v) is 25.7. The minimum Gasteiger partial charge on any atom is -0.481 e. The van der Waals surface area contributed by atoms with E-state index in [4.69, 9.17) is 37.9 Å². The molecule has 5 aliphatic carbocycles. The van der Waals surface area contributed by atoms with Crippen LogP contribution in [0.5, 0.6) is 0 Å². The lowest BCUT2D eigenvalue weighted by Gasteiger charge is -2.71. The standard InChI is InChI=1S/C53H86O22/c1-23-32(56)38(62)42(75-45-41(65)37(61)34(58)27(72-45)20-68-43-40(64)36(60)33(57)26(19-54)71-43)46(70-23)73-28-21-69-44(39(63)35(28)59)74-31-11-12-49(4)29(50(31,5)22-55)10-13-52(7)30(49)9-8-24-25-18-48(2,3)14-16-53(25,47(66)67)17-15-51(24,52)6/h8,23,25-46,54-65H,9-22H2,1-7H3,(H,66,67)/t23-,25?,26+,27+,28-,29?,30?,31?,32-,33+,34+,35-,36-,37-,38+,39+,40+,41+,42+,43+,44-,45-,46-,49?,50?,51?,52?,53?/m0/s1. The predicted octanol–water partition coefficient (Wildman–Crippen LogP) is -0.830. The van der Waals surface area contributed by atoms with Gasteiger partial charge < -0.3 is 104 Å². The third-order valence-corrected chi connectivity index (χ3v) is 21.2. The molecule has 13 N–H and O–H groups in total. The topological polar surface area (TPSA) is 354 Å². The Hall–Kier alpha value is -1.59. The van der Waals surface area contributed by atoms with Gasteiger partial charge in [0.15, 0.2) is 25.2 Å². The van der Waals surface area contributed by atoms with E-state index in [1.54, 1.807) is 0 Å². The maximum absolute atomic E-state index is 13.2. The summed E-state index contributed by atoms with van der Waals surface area (Å²) in [6.45, 7) is 13.2. The number of hydrogen-bond acceptors (Lipinski definition) is 21. The molecule has 9 rings (SSSR count). The van der Waals surface area contributed by atoms with E-state index < -0.39 is 153 Å². The van der Waals surface area contributed by atoms with Crippen LogP contribution < -0.4 is 0 Å². The molecule has 28 atom stereocenters. The van der Waals surface area contributed by atoms with Gasteiger partial charge in [0.05, 0.1) is 44.1 Å². The van der Waals surface area contributed by atoms with Crippen molar-refractivity contribution in [2.24, 2.45) is 50.2 Å². The summed E-state index contributed by atoms with van der Waals surface area (Å²) in [7, 11) is 0. The highest BCUT2D eigenvalue weighted by atomic mass is 16.8. The molecule has 4 saturated carbocycles. The third-order valence-electron chi connectivity index (χ3n) is 21.2. The van der Waals surface area contributed by atoms with Gasteiger partial charge in [-0.2, -0.15) is 0 Å². The number of carbonyl (C=O) groups is 1. The first-order valence-electron chi connectivity index (χ1n) is 27.3. The first-order valence-corrected chi connectivity index (χ1v) is 27.3. The van der Waals surface area contributed by atoms with Crippen molar-refractivity contribution in [3.63, 3.8) is 0 Å². The Balaban J connectivity index is 0.858. The summed E-state index contributed by atoms with van der Waals surface area (Å²) in [4.78, 5) is 13.2. The van der Waals surface area contributed by atoms with Gasteiger partial charge in [-0.1, -0.05) is 53.2 Å². The molecular weight excluding hydrogens is 989 g/mol. The molecule has 0 aromatic heterocycles. The summed E-state index contributed by atoms with van der Waals surface area (Å²) in [6, 6.07) is 0. The number of aliphatic carboxylic acids is 1. The monoisotopic (exact) mass is 1070 g/mol. The van der Waals surface area contributed by atoms with Crippen LogP contribution in [0.1, 0.15) is 113 Å². The number of rotatable bonds is 12. The number of ether oxygens (including phenoxy) is 8. The van der Waals surface area contributed by atoms with E-state index in [1.165, 1.54) is 12.5 Å². The highest BCUT2D eigenvalue weighted by Crippen LogP contribution is 2.76. The van der Waals surface area contributed by atoms with E-state index in [9.17, 15) is 71.2 Å². The molecule has 0 spiro atoms. The van der Waals surface area contributed by atoms with Crippen LogP contribution in [-0.4, -0.2) is 222 Å². The first-order chi connectivity index (χ1) is 35.1. The van der Waals surface area contributed by atoms with Crippen LogP contribution in [0.25, 0.3) is 0 Å². The van der Waals surface area contributed by atoms with Crippen LogP contribution >= 0.6 is 0 Å². The Morgan fingerprint density at radius 2 is 1.28 bits per heavy atom. The first kappa shape index (κ1) is 58.1. The molecule has 22 heteroatoms. The highest BCUT2D eigenvalue weighted by Gasteiger charge is 2.70. The summed E-state index contributed by atoms with van der Waals surface area (Å²) >= 11 is 0. The number of hydrogen-bond donors (Lipinski definition) is 13. The van der Waals surface area contributed by atoms with Gasteiger partial charge in [-0.05, 0) is 111 Å². The van der Waals surface area contributed by atoms with E-state index in [2.05, 4.69) is 40.7 Å². The van der Waals surface area contributed by atoms with Gasteiger partial charge in [-0.25, -0.2) is 0 Å². The minimum atomic E-state index is -1.98. The molecule has 4 heterocycles. The summed E-state index contributed by atoms with van der Waals surface area (Å²) in [5.41, 5.74) is -0.679. The van der Waals surface area contributed by atoms with Crippen molar-refractivity contribution in [3.8, 4) is 0 Å². The fourth-order valence-electron chi connectivity index (χ4n) is 16.2. The molecule has 9 aliphatic rings. The van der Waals surface area contributed by atoms with Crippen molar-refractivity contribution >= 4 is 5.97 Å². The normalized spacial score (nSPS) is 54.9. The largest absolute Gasteiger partial charge is 0.481 e. The summed E-state index contributed by atoms with van der Waals surface area (Å²) in [5.74, 6) is -0.430. The van der Waals surface area contributed by atoms with E-state index >= 15 is 0 Å². The van der Waals surface area contributed by atoms with Crippen LogP contribution in [-0.2, 0) is 42.7 Å². The van der Waals surface area contributed by atoms with Gasteiger partial charge in [-0.3, -0.25) is 4.79 Å². The van der Waals surface area contributed by atoms with Crippen LogP contribution in [0.15, 0.2) is 11.6 Å². The minimum absolute atomic E-state index is 0.00729. The zero-order valence-corrected chi connectivity index (χ0v) is 44.2. The lowest BCUT2D eigenvalue weighted by molar-refractivity contribution is -0.384. The van der Waals surface area contributed by atoms with Gasteiger partial charge in [0.25, 0.3) is 0 Å². The number of fused-ring (bicyclic) bond motifs is 7. The highest BCUT2D eigenvalue weighted by molar-refractivity contribution is 5.76. The molecule has 8 fully saturated rings. The number of aliphatic hydroxyl groups is 12. The average molecular weight is 1080 g/mol. The Morgan fingerprint density at radius 1 is 0.640 bits per heavy atom. The summed E-state index contributed by atoms with van der Waals surface area (Å²) in [5, 5.41) is 141. The fraction of sp³-hybridized carbons (Fsp3) is 0.943. The van der Waals surface area contributed by atoms with Crippen LogP contribution in [0, 0.1) is 50.2 Å². The van der Waals surface area contributed by atoms with E-state index in [1.807, 2.05) is 6.92 Å². The second kappa shape index (κ2) is 21.1. The summed E-state index contributed by atoms with van der Waals surface area (Å²) < 4.78 is 47.3. The molecule has 9 unspecified atom stereocenters. The van der Waals surface area contributed by atoms with Gasteiger partial charge >= 0.3 is 5.97 Å². The Kier molecular flexibility index (Phi) is 16.3. The van der Waals surface area contributed by atoms with Gasteiger partial charge in [-0.15, -0.1) is 0 Å². The van der Waals surface area contributed by atoms with Gasteiger partial charge in [0.1, 0.15) is 85.5 Å². The zero-order valence-electron chi connectivity index (χ0n) is 44.2. The van der Waals surface area contributed by atoms with E-state index in [-0.39, 0.29) is 52.6 Å². The quantitative estimate of drug-likeness (QED) is 0.0838. The number of carboxylic acid groups (broad SMARTS) is 1. The Labute approximate surface area is 437 Å². The van der Waals surface area contributed by atoms with Crippen LogP contribution in [0.2, 0.25) is 0 Å². The SMILES string of the molecule is C[C@@H]1O[C@@H](O[C@H]2CO[C@@H](OC3CCC4(C)C(CCC5(C)C4CC=C4C6CC(C)(C)CCC6(C(=O)O)CCC45C)C3(C)CO)[C@H](O)[C@H]2O)[C@H](O[C@@H]2O[C@H](CO[C@@H]3O[C@H](CO)[C@@H](O)[C@H](O)[C@H]3O)[C@@H](O)[C@H](O)[C@H]2O)[C@H](O)[C@H]1O. The molecule has 0 amide bonds. The van der Waals surface area contributed by atoms with Crippen molar-refractivity contribution in [3.05, 3.63) is 11.6 Å². The second-order valence-electron chi connectivity index (χ2n) is 25.7. The maximum atomic E-state index is 13.2. The maximum Gasteiger partial charge on any atom is 0.310 e. The molecule has 0 aromatic rings. The van der Waals surface area contributed by atoms with Crippen molar-refractivity contribution in [2.45, 2.75) is 235 Å². The van der Waals surface area contributed by atoms with Crippen LogP contribution in [0.3, 0.4) is 0 Å². The van der Waals surface area contributed by atoms with Crippen molar-refractivity contribution < 1.29 is 109 Å². The molecular formula is C53H86O22. The van der Waals surface area contributed by atoms with Crippen molar-refractivity contribution in [1.29, 1.82) is 0 Å². The van der Waals surface area contributed by atoms with Crippen molar-refractivity contribution in [1.82, 2.24) is 0 Å². The Bertz CT molecular complexity index is 2060. The molecule has 4 saturated heterocycles. The molecule has 0 aromatic carbocycles. The molecule has 430 valence electrons. The predicted molar refractivity (Wildman–Crippen MR) is 257 cm³/mol. The molecule has 22 nitrogen and oxygen atoms in total. The number of allylic oxidation sites excluding steroid dienone is 2. The van der Waals surface area contributed by atoms with Gasteiger partial charge in [0, 0.05) is 5.41 Å². The van der Waals surface area contributed by atoms with Crippen LogP contribution in [0.4, 0.5) is 0 Å². The number of carboxylic acids is 1. The summed E-state index contributed by atoms with van der Waals surface area (Å²) in [6.07, 6.45) is -21.7. The lowest BCUT2D eigenvalue weighted by atomic mass is 9.33. The van der Waals surface area contributed by atoms with E-state index in [0.717, 1.165) is 44.9 Å². The fourth-order valence-corrected chi connectivity index (χ4v) is 16.2. The third kappa shape index (κ3) is 9.50. The molecule has 4 aliphatic heterocycles. The van der Waals surface area contributed by atoms with Crippen molar-refractivity contribution in [2.75, 3.05) is 26.4 Å².